The predicted molar refractivity (Wildman–Crippen MR) is 154 cm³/mol. The quantitative estimate of drug-likeness (QED) is 0.247. The number of aryl methyl sites for hydroxylation is 1. The number of rotatable bonds is 9. The van der Waals surface area contributed by atoms with Gasteiger partial charge in [-0.2, -0.15) is 13.2 Å². The second-order valence-electron chi connectivity index (χ2n) is 10.9. The maximum absolute atomic E-state index is 13.8. The predicted octanol–water partition coefficient (Wildman–Crippen LogP) is 6.65. The van der Waals surface area contributed by atoms with Crippen molar-refractivity contribution in [1.82, 2.24) is 14.8 Å². The fourth-order valence-electron chi connectivity index (χ4n) is 6.03. The first-order chi connectivity index (χ1) is 19.7. The molecule has 0 aliphatic carbocycles. The lowest BCUT2D eigenvalue weighted by atomic mass is 10.1. The van der Waals surface area contributed by atoms with E-state index in [0.29, 0.717) is 36.6 Å². The fraction of sp³-hybridized carbons (Fsp3) is 0.344. The van der Waals surface area contributed by atoms with E-state index in [1.165, 1.54) is 5.56 Å². The van der Waals surface area contributed by atoms with E-state index >= 15 is 0 Å². The summed E-state index contributed by atoms with van der Waals surface area (Å²) in [6.07, 6.45) is -3.39. The van der Waals surface area contributed by atoms with Gasteiger partial charge in [0.1, 0.15) is 18.1 Å². The van der Waals surface area contributed by atoms with Gasteiger partial charge in [0.2, 0.25) is 0 Å². The minimum absolute atomic E-state index is 0.197. The molecule has 214 valence electrons. The van der Waals surface area contributed by atoms with Crippen molar-refractivity contribution in [1.29, 1.82) is 0 Å². The van der Waals surface area contributed by atoms with Crippen LogP contribution in [0.2, 0.25) is 0 Å². The van der Waals surface area contributed by atoms with Gasteiger partial charge in [0.05, 0.1) is 18.2 Å². The molecule has 6 nitrogen and oxygen atoms in total. The van der Waals surface area contributed by atoms with E-state index in [9.17, 15) is 13.2 Å². The molecule has 2 saturated heterocycles. The molecule has 41 heavy (non-hydrogen) atoms. The maximum atomic E-state index is 13.8. The Morgan fingerprint density at radius 1 is 0.927 bits per heavy atom. The molecule has 2 aliphatic rings. The summed E-state index contributed by atoms with van der Waals surface area (Å²) >= 11 is 0. The van der Waals surface area contributed by atoms with Gasteiger partial charge in [-0.25, -0.2) is 0 Å². The first kappa shape index (κ1) is 27.4. The number of piperazine rings is 1. The van der Waals surface area contributed by atoms with Crippen LogP contribution in [0.1, 0.15) is 23.2 Å². The molecule has 0 saturated carbocycles. The SMILES string of the molecule is COc1ccc(CN2C[C@H]3C[C@@H]2CN3CCOc2cc(Nc3cc(C)nc4ccccc34)cc(C(F)(F)F)c2)cc1. The Kier molecular flexibility index (Phi) is 7.48. The standard InChI is InChI=1S/C32H33F3N4O2/c1-21-13-31(29-5-3-4-6-30(29)36-21)37-24-14-23(32(33,34)35)15-28(16-24)41-12-11-38-19-26-17-25(38)20-39(26)18-22-7-9-27(40-2)10-8-22/h3-10,13-16,25-26H,11-12,17-20H2,1-2H3,(H,36,37)/t25-,26-/m1/s1. The Morgan fingerprint density at radius 2 is 1.68 bits per heavy atom. The molecule has 9 heteroatoms. The monoisotopic (exact) mass is 562 g/mol. The second kappa shape index (κ2) is 11.2. The largest absolute Gasteiger partial charge is 0.497 e. The summed E-state index contributed by atoms with van der Waals surface area (Å²) in [5, 5.41) is 4.02. The number of aromatic nitrogens is 1. The van der Waals surface area contributed by atoms with Gasteiger partial charge in [0, 0.05) is 66.8 Å². The van der Waals surface area contributed by atoms with Crippen molar-refractivity contribution in [3.8, 4) is 11.5 Å². The molecule has 3 aromatic carbocycles. The summed E-state index contributed by atoms with van der Waals surface area (Å²) in [4.78, 5) is 9.43. The van der Waals surface area contributed by atoms with E-state index in [-0.39, 0.29) is 5.75 Å². The summed E-state index contributed by atoms with van der Waals surface area (Å²) in [5.41, 5.74) is 3.09. The van der Waals surface area contributed by atoms with E-state index < -0.39 is 11.7 Å². The third-order valence-electron chi connectivity index (χ3n) is 8.02. The summed E-state index contributed by atoms with van der Waals surface area (Å²) in [5.74, 6) is 1.05. The smallest absolute Gasteiger partial charge is 0.416 e. The topological polar surface area (TPSA) is 49.9 Å². The van der Waals surface area contributed by atoms with Crippen LogP contribution in [0.25, 0.3) is 10.9 Å². The van der Waals surface area contributed by atoms with E-state index in [2.05, 4.69) is 32.2 Å². The molecular weight excluding hydrogens is 529 g/mol. The maximum Gasteiger partial charge on any atom is 0.416 e. The van der Waals surface area contributed by atoms with Crippen molar-refractivity contribution >= 4 is 22.3 Å². The molecule has 2 bridgehead atoms. The highest BCUT2D eigenvalue weighted by molar-refractivity contribution is 5.93. The van der Waals surface area contributed by atoms with Crippen molar-refractivity contribution in [2.45, 2.75) is 38.1 Å². The number of likely N-dealkylation sites (tertiary alicyclic amines) is 2. The zero-order chi connectivity index (χ0) is 28.6. The van der Waals surface area contributed by atoms with Crippen molar-refractivity contribution in [2.75, 3.05) is 38.7 Å². The summed E-state index contributed by atoms with van der Waals surface area (Å²) in [6.45, 7) is 5.68. The Labute approximate surface area is 237 Å². The molecule has 4 aromatic rings. The van der Waals surface area contributed by atoms with Crippen LogP contribution in [-0.4, -0.2) is 60.2 Å². The lowest BCUT2D eigenvalue weighted by Crippen LogP contribution is -2.47. The highest BCUT2D eigenvalue weighted by atomic mass is 19.4. The third-order valence-corrected chi connectivity index (χ3v) is 8.02. The molecule has 0 radical (unpaired) electrons. The number of ether oxygens (including phenoxy) is 2. The average molecular weight is 563 g/mol. The Hall–Kier alpha value is -3.82. The molecular formula is C32H33F3N4O2. The number of pyridine rings is 1. The van der Waals surface area contributed by atoms with E-state index in [1.54, 1.807) is 13.2 Å². The van der Waals surface area contributed by atoms with Crippen LogP contribution in [0, 0.1) is 6.92 Å². The molecule has 0 spiro atoms. The van der Waals surface area contributed by atoms with Gasteiger partial charge in [-0.3, -0.25) is 14.8 Å². The number of methoxy groups -OCH3 is 1. The van der Waals surface area contributed by atoms with Crippen LogP contribution in [-0.2, 0) is 12.7 Å². The molecule has 2 aliphatic heterocycles. The minimum atomic E-state index is -4.49. The molecule has 1 aromatic heterocycles. The van der Waals surface area contributed by atoms with Crippen LogP contribution >= 0.6 is 0 Å². The van der Waals surface area contributed by atoms with Gasteiger partial charge < -0.3 is 14.8 Å². The third kappa shape index (κ3) is 6.11. The van der Waals surface area contributed by atoms with Crippen molar-refractivity contribution in [3.63, 3.8) is 0 Å². The first-order valence-electron chi connectivity index (χ1n) is 13.8. The van der Waals surface area contributed by atoms with Crippen LogP contribution in [0.5, 0.6) is 11.5 Å². The number of benzene rings is 3. The number of anilines is 2. The number of hydrogen-bond acceptors (Lipinski definition) is 6. The van der Waals surface area contributed by atoms with E-state index in [4.69, 9.17) is 9.47 Å². The lowest BCUT2D eigenvalue weighted by molar-refractivity contribution is -0.137. The first-order valence-corrected chi connectivity index (χ1v) is 13.8. The van der Waals surface area contributed by atoms with Gasteiger partial charge in [-0.15, -0.1) is 0 Å². The molecule has 2 fully saturated rings. The normalized spacial score (nSPS) is 19.1. The Morgan fingerprint density at radius 3 is 2.41 bits per heavy atom. The van der Waals surface area contributed by atoms with E-state index in [1.807, 2.05) is 49.4 Å². The second-order valence-corrected chi connectivity index (χ2v) is 10.9. The van der Waals surface area contributed by atoms with Crippen molar-refractivity contribution in [2.24, 2.45) is 0 Å². The van der Waals surface area contributed by atoms with Gasteiger partial charge >= 0.3 is 6.18 Å². The zero-order valence-corrected chi connectivity index (χ0v) is 23.1. The molecule has 6 rings (SSSR count). The van der Waals surface area contributed by atoms with Gasteiger partial charge in [0.25, 0.3) is 0 Å². The van der Waals surface area contributed by atoms with Crippen LogP contribution < -0.4 is 14.8 Å². The summed E-state index contributed by atoms with van der Waals surface area (Å²) in [7, 11) is 1.67. The van der Waals surface area contributed by atoms with Crippen molar-refractivity contribution in [3.05, 3.63) is 89.6 Å². The molecule has 3 heterocycles. The molecule has 2 atom stereocenters. The minimum Gasteiger partial charge on any atom is -0.497 e. The van der Waals surface area contributed by atoms with Crippen LogP contribution in [0.15, 0.2) is 72.8 Å². The number of alkyl halides is 3. The Balaban J connectivity index is 1.09. The van der Waals surface area contributed by atoms with Crippen LogP contribution in [0.4, 0.5) is 24.5 Å². The van der Waals surface area contributed by atoms with Gasteiger partial charge in [-0.05, 0) is 55.3 Å². The number of halogens is 3. The van der Waals surface area contributed by atoms with Gasteiger partial charge in [0.15, 0.2) is 0 Å². The average Bonchev–Trinajstić information content (AvgIpc) is 3.53. The highest BCUT2D eigenvalue weighted by Crippen LogP contribution is 2.36. The van der Waals surface area contributed by atoms with Crippen molar-refractivity contribution < 1.29 is 22.6 Å². The number of fused-ring (bicyclic) bond motifs is 3. The van der Waals surface area contributed by atoms with Gasteiger partial charge in [-0.1, -0.05) is 30.3 Å². The number of para-hydroxylation sites is 1. The summed E-state index contributed by atoms with van der Waals surface area (Å²) in [6, 6.07) is 22.3. The number of nitrogens with zero attached hydrogens (tertiary/aromatic N) is 3. The zero-order valence-electron chi connectivity index (χ0n) is 23.1. The number of hydrogen-bond donors (Lipinski definition) is 1. The fourth-order valence-corrected chi connectivity index (χ4v) is 6.03. The molecule has 0 amide bonds. The highest BCUT2D eigenvalue weighted by Gasteiger charge is 2.42. The number of nitrogens with one attached hydrogen (secondary N) is 1. The summed E-state index contributed by atoms with van der Waals surface area (Å²) < 4.78 is 52.6. The Bertz CT molecular complexity index is 1530. The molecule has 0 unspecified atom stereocenters. The van der Waals surface area contributed by atoms with Crippen LogP contribution in [0.3, 0.4) is 0 Å². The lowest BCUT2D eigenvalue weighted by Gasteiger charge is -2.34. The van der Waals surface area contributed by atoms with E-state index in [0.717, 1.165) is 60.5 Å². The molecule has 1 N–H and O–H groups in total.